The molecule has 0 bridgehead atoms. The second-order valence-corrected chi connectivity index (χ2v) is 6.23. The van der Waals surface area contributed by atoms with Gasteiger partial charge < -0.3 is 15.0 Å². The Hall–Kier alpha value is -0.610. The normalized spacial score (nSPS) is 22.7. The van der Waals surface area contributed by atoms with Crippen LogP contribution in [0.15, 0.2) is 0 Å². The van der Waals surface area contributed by atoms with E-state index < -0.39 is 0 Å². The first kappa shape index (κ1) is 15.8. The minimum atomic E-state index is -0.105. The van der Waals surface area contributed by atoms with E-state index in [9.17, 15) is 4.79 Å². The number of carbonyl (C=O) groups is 1. The van der Waals surface area contributed by atoms with E-state index in [0.29, 0.717) is 12.6 Å². The molecule has 0 radical (unpaired) electrons. The third kappa shape index (κ3) is 5.06. The van der Waals surface area contributed by atoms with Gasteiger partial charge in [0, 0.05) is 12.6 Å². The molecule has 1 aliphatic heterocycles. The Labute approximate surface area is 123 Å². The summed E-state index contributed by atoms with van der Waals surface area (Å²) in [6.45, 7) is 8.04. The van der Waals surface area contributed by atoms with Gasteiger partial charge in [-0.15, -0.1) is 0 Å². The number of hydrogen-bond donors (Lipinski definition) is 1. The van der Waals surface area contributed by atoms with Crippen LogP contribution in [0.5, 0.6) is 0 Å². The molecule has 1 N–H and O–H groups in total. The maximum absolute atomic E-state index is 12.0. The molecule has 20 heavy (non-hydrogen) atoms. The van der Waals surface area contributed by atoms with Gasteiger partial charge >= 0.3 is 5.97 Å². The number of ether oxygens (including phenoxy) is 1. The van der Waals surface area contributed by atoms with Gasteiger partial charge in [-0.25, -0.2) is 0 Å². The van der Waals surface area contributed by atoms with Crippen molar-refractivity contribution in [2.75, 3.05) is 26.2 Å². The first-order valence-corrected chi connectivity index (χ1v) is 8.38. The minimum Gasteiger partial charge on any atom is -0.465 e. The van der Waals surface area contributed by atoms with Gasteiger partial charge in [-0.3, -0.25) is 4.79 Å². The van der Waals surface area contributed by atoms with E-state index >= 15 is 0 Å². The molecule has 0 aromatic rings. The fourth-order valence-corrected chi connectivity index (χ4v) is 2.98. The highest BCUT2D eigenvalue weighted by molar-refractivity contribution is 5.75. The highest BCUT2D eigenvalue weighted by Crippen LogP contribution is 2.22. The van der Waals surface area contributed by atoms with Gasteiger partial charge in [0.15, 0.2) is 0 Å². The number of rotatable bonds is 8. The number of nitrogens with one attached hydrogen (secondary N) is 1. The lowest BCUT2D eigenvalue weighted by Gasteiger charge is -2.32. The SMILES string of the molecule is CCOC(=O)C(CCN1CCC(CC)CC1)NC1CC1. The predicted octanol–water partition coefficient (Wildman–Crippen LogP) is 2.18. The summed E-state index contributed by atoms with van der Waals surface area (Å²) in [5, 5.41) is 3.43. The van der Waals surface area contributed by atoms with Crippen LogP contribution in [0, 0.1) is 5.92 Å². The molecule has 4 nitrogen and oxygen atoms in total. The fraction of sp³-hybridized carbons (Fsp3) is 0.938. The summed E-state index contributed by atoms with van der Waals surface area (Å²) >= 11 is 0. The van der Waals surface area contributed by atoms with Crippen LogP contribution in [0.25, 0.3) is 0 Å². The van der Waals surface area contributed by atoms with Gasteiger partial charge in [-0.1, -0.05) is 13.3 Å². The Morgan fingerprint density at radius 3 is 2.50 bits per heavy atom. The average molecular weight is 282 g/mol. The summed E-state index contributed by atoms with van der Waals surface area (Å²) in [5.74, 6) is 0.847. The quantitative estimate of drug-likeness (QED) is 0.693. The van der Waals surface area contributed by atoms with Crippen molar-refractivity contribution >= 4 is 5.97 Å². The third-order valence-electron chi connectivity index (χ3n) is 4.60. The smallest absolute Gasteiger partial charge is 0.323 e. The number of esters is 1. The zero-order chi connectivity index (χ0) is 14.4. The molecule has 1 heterocycles. The third-order valence-corrected chi connectivity index (χ3v) is 4.60. The van der Waals surface area contributed by atoms with E-state index in [1.54, 1.807) is 0 Å². The van der Waals surface area contributed by atoms with Crippen LogP contribution in [0.3, 0.4) is 0 Å². The minimum absolute atomic E-state index is 0.0668. The first-order valence-electron chi connectivity index (χ1n) is 8.38. The Kier molecular flexibility index (Phi) is 6.30. The van der Waals surface area contributed by atoms with Gasteiger partial charge in [0.05, 0.1) is 6.61 Å². The molecule has 0 aromatic heterocycles. The Balaban J connectivity index is 1.72. The monoisotopic (exact) mass is 282 g/mol. The zero-order valence-corrected chi connectivity index (χ0v) is 13.1. The second-order valence-electron chi connectivity index (χ2n) is 6.23. The highest BCUT2D eigenvalue weighted by Gasteiger charge is 2.29. The Bertz CT molecular complexity index is 297. The van der Waals surface area contributed by atoms with E-state index in [2.05, 4.69) is 17.1 Å². The summed E-state index contributed by atoms with van der Waals surface area (Å²) in [7, 11) is 0. The largest absolute Gasteiger partial charge is 0.465 e. The van der Waals surface area contributed by atoms with E-state index in [0.717, 1.165) is 18.9 Å². The summed E-state index contributed by atoms with van der Waals surface area (Å²) in [5.41, 5.74) is 0. The predicted molar refractivity (Wildman–Crippen MR) is 80.7 cm³/mol. The zero-order valence-electron chi connectivity index (χ0n) is 13.1. The molecule has 1 saturated heterocycles. The molecule has 2 fully saturated rings. The molecule has 116 valence electrons. The summed E-state index contributed by atoms with van der Waals surface area (Å²) in [6.07, 6.45) is 7.23. The Morgan fingerprint density at radius 2 is 1.95 bits per heavy atom. The molecule has 2 aliphatic rings. The van der Waals surface area contributed by atoms with Crippen molar-refractivity contribution in [2.45, 2.75) is 64.5 Å². The summed E-state index contributed by atoms with van der Waals surface area (Å²) in [6, 6.07) is 0.446. The van der Waals surface area contributed by atoms with Crippen LogP contribution in [0.4, 0.5) is 0 Å². The van der Waals surface area contributed by atoms with E-state index in [-0.39, 0.29) is 12.0 Å². The molecule has 1 unspecified atom stereocenters. The Morgan fingerprint density at radius 1 is 1.25 bits per heavy atom. The van der Waals surface area contributed by atoms with Gasteiger partial charge in [0.25, 0.3) is 0 Å². The molecule has 0 aromatic carbocycles. The first-order chi connectivity index (χ1) is 9.72. The van der Waals surface area contributed by atoms with Crippen LogP contribution in [0.2, 0.25) is 0 Å². The van der Waals surface area contributed by atoms with Crippen molar-refractivity contribution in [3.8, 4) is 0 Å². The molecule has 1 saturated carbocycles. The van der Waals surface area contributed by atoms with Crippen LogP contribution in [-0.2, 0) is 9.53 Å². The molecule has 0 amide bonds. The maximum atomic E-state index is 12.0. The lowest BCUT2D eigenvalue weighted by molar-refractivity contribution is -0.146. The topological polar surface area (TPSA) is 41.6 Å². The number of nitrogens with zero attached hydrogens (tertiary/aromatic N) is 1. The summed E-state index contributed by atoms with van der Waals surface area (Å²) in [4.78, 5) is 14.5. The number of piperidine rings is 1. The van der Waals surface area contributed by atoms with Crippen molar-refractivity contribution in [1.82, 2.24) is 10.2 Å². The van der Waals surface area contributed by atoms with Gasteiger partial charge in [0.2, 0.25) is 0 Å². The van der Waals surface area contributed by atoms with Crippen LogP contribution in [-0.4, -0.2) is 49.2 Å². The van der Waals surface area contributed by atoms with Crippen molar-refractivity contribution in [2.24, 2.45) is 5.92 Å². The van der Waals surface area contributed by atoms with Crippen LogP contribution in [0.1, 0.15) is 52.4 Å². The van der Waals surface area contributed by atoms with Crippen molar-refractivity contribution < 1.29 is 9.53 Å². The maximum Gasteiger partial charge on any atom is 0.323 e. The van der Waals surface area contributed by atoms with E-state index in [1.807, 2.05) is 6.92 Å². The lowest BCUT2D eigenvalue weighted by Crippen LogP contribution is -2.43. The van der Waals surface area contributed by atoms with Crippen LogP contribution < -0.4 is 5.32 Å². The molecule has 1 atom stereocenters. The summed E-state index contributed by atoms with van der Waals surface area (Å²) < 4.78 is 5.19. The molecule has 0 spiro atoms. The van der Waals surface area contributed by atoms with Gasteiger partial charge in [0.1, 0.15) is 6.04 Å². The standard InChI is InChI=1S/C16H30N2O2/c1-3-13-7-10-18(11-8-13)12-9-15(16(19)20-4-2)17-14-5-6-14/h13-15,17H,3-12H2,1-2H3. The number of hydrogen-bond acceptors (Lipinski definition) is 4. The van der Waals surface area contributed by atoms with Crippen LogP contribution >= 0.6 is 0 Å². The van der Waals surface area contributed by atoms with Gasteiger partial charge in [-0.05, 0) is 58.0 Å². The van der Waals surface area contributed by atoms with E-state index in [1.165, 1.54) is 45.2 Å². The van der Waals surface area contributed by atoms with Crippen molar-refractivity contribution in [1.29, 1.82) is 0 Å². The molecule has 4 heteroatoms. The highest BCUT2D eigenvalue weighted by atomic mass is 16.5. The van der Waals surface area contributed by atoms with E-state index in [4.69, 9.17) is 4.74 Å². The average Bonchev–Trinajstić information content (AvgIpc) is 3.28. The number of likely N-dealkylation sites (tertiary alicyclic amines) is 1. The molecule has 2 rings (SSSR count). The number of carbonyl (C=O) groups excluding carboxylic acids is 1. The molecular weight excluding hydrogens is 252 g/mol. The molecule has 1 aliphatic carbocycles. The van der Waals surface area contributed by atoms with Crippen molar-refractivity contribution in [3.05, 3.63) is 0 Å². The lowest BCUT2D eigenvalue weighted by atomic mass is 9.94. The second kappa shape index (κ2) is 7.99. The van der Waals surface area contributed by atoms with Crippen molar-refractivity contribution in [3.63, 3.8) is 0 Å². The molecular formula is C16H30N2O2. The van der Waals surface area contributed by atoms with Gasteiger partial charge in [-0.2, -0.15) is 0 Å². The fourth-order valence-electron chi connectivity index (χ4n) is 2.98.